The van der Waals surface area contributed by atoms with E-state index in [9.17, 15) is 4.21 Å². The van der Waals surface area contributed by atoms with Crippen LogP contribution in [0.25, 0.3) is 0 Å². The molecular weight excluding hydrogens is 218 g/mol. The SMILES string of the molecule is CC(CS(C)=O)NCC#Cc1ccccc1. The van der Waals surface area contributed by atoms with Gasteiger partial charge in [-0.1, -0.05) is 30.0 Å². The van der Waals surface area contributed by atoms with E-state index in [1.165, 1.54) is 0 Å². The van der Waals surface area contributed by atoms with Crippen LogP contribution in [0.15, 0.2) is 30.3 Å². The molecule has 86 valence electrons. The average molecular weight is 235 g/mol. The molecule has 0 saturated carbocycles. The zero-order chi connectivity index (χ0) is 11.8. The smallest absolute Gasteiger partial charge is 0.0582 e. The molecule has 2 unspecified atom stereocenters. The van der Waals surface area contributed by atoms with Crippen LogP contribution in [0.3, 0.4) is 0 Å². The first-order valence-corrected chi connectivity index (χ1v) is 6.98. The monoisotopic (exact) mass is 235 g/mol. The predicted molar refractivity (Wildman–Crippen MR) is 69.7 cm³/mol. The molecule has 1 aromatic rings. The van der Waals surface area contributed by atoms with Gasteiger partial charge in [-0.25, -0.2) is 0 Å². The molecule has 16 heavy (non-hydrogen) atoms. The lowest BCUT2D eigenvalue weighted by molar-refractivity contribution is 0.629. The minimum absolute atomic E-state index is 0.246. The summed E-state index contributed by atoms with van der Waals surface area (Å²) in [6, 6.07) is 10.1. The van der Waals surface area contributed by atoms with Gasteiger partial charge in [0.15, 0.2) is 0 Å². The molecule has 0 amide bonds. The van der Waals surface area contributed by atoms with Crippen molar-refractivity contribution in [2.24, 2.45) is 0 Å². The van der Waals surface area contributed by atoms with Gasteiger partial charge in [-0.3, -0.25) is 4.21 Å². The average Bonchev–Trinajstić information content (AvgIpc) is 2.25. The zero-order valence-electron chi connectivity index (χ0n) is 9.69. The molecule has 0 aliphatic carbocycles. The summed E-state index contributed by atoms with van der Waals surface area (Å²) < 4.78 is 10.9. The number of hydrogen-bond acceptors (Lipinski definition) is 2. The van der Waals surface area contributed by atoms with Gasteiger partial charge in [-0.05, 0) is 19.1 Å². The second-order valence-electron chi connectivity index (χ2n) is 3.69. The van der Waals surface area contributed by atoms with Crippen molar-refractivity contribution in [2.75, 3.05) is 18.6 Å². The molecule has 2 nitrogen and oxygen atoms in total. The third kappa shape index (κ3) is 5.69. The van der Waals surface area contributed by atoms with Crippen molar-refractivity contribution in [1.29, 1.82) is 0 Å². The summed E-state index contributed by atoms with van der Waals surface area (Å²) in [4.78, 5) is 0. The normalized spacial score (nSPS) is 13.6. The quantitative estimate of drug-likeness (QED) is 0.799. The Morgan fingerprint density at radius 2 is 2.06 bits per heavy atom. The number of benzene rings is 1. The molecule has 0 aliphatic rings. The third-order valence-corrected chi connectivity index (χ3v) is 3.00. The summed E-state index contributed by atoms with van der Waals surface area (Å²) in [5.41, 5.74) is 1.02. The molecule has 1 rings (SSSR count). The number of hydrogen-bond donors (Lipinski definition) is 1. The van der Waals surface area contributed by atoms with Gasteiger partial charge in [0.1, 0.15) is 0 Å². The van der Waals surface area contributed by atoms with E-state index in [1.54, 1.807) is 6.26 Å². The summed E-state index contributed by atoms with van der Waals surface area (Å²) in [5, 5.41) is 3.22. The minimum atomic E-state index is -0.748. The van der Waals surface area contributed by atoms with E-state index in [0.29, 0.717) is 12.3 Å². The summed E-state index contributed by atoms with van der Waals surface area (Å²) in [5.74, 6) is 6.78. The van der Waals surface area contributed by atoms with Crippen LogP contribution in [0.2, 0.25) is 0 Å². The molecule has 0 heterocycles. The van der Waals surface area contributed by atoms with Crippen molar-refractivity contribution in [2.45, 2.75) is 13.0 Å². The van der Waals surface area contributed by atoms with E-state index in [4.69, 9.17) is 0 Å². The molecule has 0 aromatic heterocycles. The summed E-state index contributed by atoms with van der Waals surface area (Å²) in [7, 11) is -0.748. The highest BCUT2D eigenvalue weighted by molar-refractivity contribution is 7.84. The highest BCUT2D eigenvalue weighted by atomic mass is 32.2. The molecule has 1 aromatic carbocycles. The van der Waals surface area contributed by atoms with Crippen molar-refractivity contribution >= 4 is 10.8 Å². The Morgan fingerprint density at radius 1 is 1.38 bits per heavy atom. The Balaban J connectivity index is 2.31. The van der Waals surface area contributed by atoms with Crippen LogP contribution in [0, 0.1) is 11.8 Å². The lowest BCUT2D eigenvalue weighted by Gasteiger charge is -2.08. The molecule has 0 bridgehead atoms. The van der Waals surface area contributed by atoms with E-state index in [2.05, 4.69) is 17.2 Å². The van der Waals surface area contributed by atoms with E-state index in [0.717, 1.165) is 5.56 Å². The Bertz CT molecular complexity index is 391. The Kier molecular flexibility index (Phi) is 5.84. The van der Waals surface area contributed by atoms with E-state index < -0.39 is 10.8 Å². The molecule has 2 atom stereocenters. The number of nitrogens with one attached hydrogen (secondary N) is 1. The Morgan fingerprint density at radius 3 is 2.69 bits per heavy atom. The second kappa shape index (κ2) is 7.21. The van der Waals surface area contributed by atoms with Gasteiger partial charge in [0.2, 0.25) is 0 Å². The van der Waals surface area contributed by atoms with Crippen LogP contribution in [0.1, 0.15) is 12.5 Å². The van der Waals surface area contributed by atoms with Gasteiger partial charge in [0.05, 0.1) is 6.54 Å². The van der Waals surface area contributed by atoms with Crippen LogP contribution in [-0.2, 0) is 10.8 Å². The standard InChI is InChI=1S/C13H17NOS/c1-12(11-16(2)15)14-10-6-9-13-7-4-3-5-8-13/h3-5,7-8,12,14H,10-11H2,1-2H3. The van der Waals surface area contributed by atoms with Gasteiger partial charge in [-0.2, -0.15) is 0 Å². The lowest BCUT2D eigenvalue weighted by atomic mass is 10.2. The fourth-order valence-corrected chi connectivity index (χ4v) is 2.13. The zero-order valence-corrected chi connectivity index (χ0v) is 10.5. The fourth-order valence-electron chi connectivity index (χ4n) is 1.30. The van der Waals surface area contributed by atoms with Crippen LogP contribution >= 0.6 is 0 Å². The first-order chi connectivity index (χ1) is 7.68. The van der Waals surface area contributed by atoms with E-state index in [-0.39, 0.29) is 6.04 Å². The van der Waals surface area contributed by atoms with Crippen molar-refractivity contribution in [3.05, 3.63) is 35.9 Å². The van der Waals surface area contributed by atoms with Crippen LogP contribution in [0.4, 0.5) is 0 Å². The molecule has 0 spiro atoms. The number of rotatable bonds is 4. The lowest BCUT2D eigenvalue weighted by Crippen LogP contribution is -2.31. The van der Waals surface area contributed by atoms with Gasteiger partial charge in [0.25, 0.3) is 0 Å². The van der Waals surface area contributed by atoms with Gasteiger partial charge < -0.3 is 5.32 Å². The highest BCUT2D eigenvalue weighted by Crippen LogP contribution is 1.94. The molecular formula is C13H17NOS. The minimum Gasteiger partial charge on any atom is -0.303 e. The van der Waals surface area contributed by atoms with Crippen molar-refractivity contribution in [3.8, 4) is 11.8 Å². The fraction of sp³-hybridized carbons (Fsp3) is 0.385. The summed E-state index contributed by atoms with van der Waals surface area (Å²) in [6.45, 7) is 2.65. The molecule has 0 aliphatic heterocycles. The predicted octanol–water partition coefficient (Wildman–Crippen LogP) is 1.39. The van der Waals surface area contributed by atoms with Crippen molar-refractivity contribution in [3.63, 3.8) is 0 Å². The second-order valence-corrected chi connectivity index (χ2v) is 5.17. The van der Waals surface area contributed by atoms with Gasteiger partial charge >= 0.3 is 0 Å². The first-order valence-electron chi connectivity index (χ1n) is 5.26. The van der Waals surface area contributed by atoms with E-state index >= 15 is 0 Å². The maximum absolute atomic E-state index is 10.9. The topological polar surface area (TPSA) is 29.1 Å². The molecule has 3 heteroatoms. The summed E-state index contributed by atoms with van der Waals surface area (Å²) >= 11 is 0. The van der Waals surface area contributed by atoms with Crippen LogP contribution in [0.5, 0.6) is 0 Å². The Labute approximate surface area is 99.9 Å². The summed E-state index contributed by atoms with van der Waals surface area (Å²) in [6.07, 6.45) is 1.72. The largest absolute Gasteiger partial charge is 0.303 e. The molecule has 0 fully saturated rings. The van der Waals surface area contributed by atoms with Crippen molar-refractivity contribution in [1.82, 2.24) is 5.32 Å². The highest BCUT2D eigenvalue weighted by Gasteiger charge is 2.00. The molecule has 0 radical (unpaired) electrons. The van der Waals surface area contributed by atoms with E-state index in [1.807, 2.05) is 37.3 Å². The Hall–Kier alpha value is -1.11. The van der Waals surface area contributed by atoms with Crippen molar-refractivity contribution < 1.29 is 4.21 Å². The first kappa shape index (κ1) is 13.0. The van der Waals surface area contributed by atoms with Crippen LogP contribution < -0.4 is 5.32 Å². The van der Waals surface area contributed by atoms with Gasteiger partial charge in [0, 0.05) is 34.4 Å². The van der Waals surface area contributed by atoms with Gasteiger partial charge in [-0.15, -0.1) is 0 Å². The third-order valence-electron chi connectivity index (χ3n) is 2.03. The molecule has 1 N–H and O–H groups in total. The maximum atomic E-state index is 10.9. The molecule has 0 saturated heterocycles. The van der Waals surface area contributed by atoms with Crippen LogP contribution in [-0.4, -0.2) is 28.8 Å². The maximum Gasteiger partial charge on any atom is 0.0582 e.